The van der Waals surface area contributed by atoms with Crippen molar-refractivity contribution in [2.45, 2.75) is 26.2 Å². The van der Waals surface area contributed by atoms with E-state index in [4.69, 9.17) is 14.6 Å². The fourth-order valence-electron chi connectivity index (χ4n) is 2.46. The molecule has 0 aliphatic carbocycles. The number of hydrogen-bond acceptors (Lipinski definition) is 3. The van der Waals surface area contributed by atoms with Crippen molar-refractivity contribution in [3.63, 3.8) is 0 Å². The molecule has 0 fully saturated rings. The number of aliphatic carboxylic acids is 1. The first-order valence-electron chi connectivity index (χ1n) is 7.65. The highest BCUT2D eigenvalue weighted by Gasteiger charge is 2.33. The maximum Gasteiger partial charge on any atom is 0.416 e. The summed E-state index contributed by atoms with van der Waals surface area (Å²) in [6.45, 7) is 5.10. The van der Waals surface area contributed by atoms with Gasteiger partial charge in [0.15, 0.2) is 11.5 Å². The van der Waals surface area contributed by atoms with Crippen LogP contribution in [-0.2, 0) is 11.0 Å². The van der Waals surface area contributed by atoms with E-state index in [1.54, 1.807) is 6.07 Å². The summed E-state index contributed by atoms with van der Waals surface area (Å²) in [6.07, 6.45) is -4.34. The molecule has 0 bridgehead atoms. The highest BCUT2D eigenvalue weighted by molar-refractivity contribution is 7.01. The lowest BCUT2D eigenvalue weighted by atomic mass is 10.2. The molecule has 0 unspecified atom stereocenters. The number of benzene rings is 2. The Morgan fingerprint density at radius 2 is 1.58 bits per heavy atom. The molecule has 0 radical (unpaired) electrons. The van der Waals surface area contributed by atoms with Gasteiger partial charge in [-0.2, -0.15) is 13.2 Å². The van der Waals surface area contributed by atoms with Gasteiger partial charge in [-0.3, -0.25) is 4.79 Å². The first kappa shape index (κ1) is 21.6. The number of rotatable bonds is 3. The van der Waals surface area contributed by atoms with Crippen molar-refractivity contribution in [1.82, 2.24) is 0 Å². The fourth-order valence-corrected chi connectivity index (χ4v) is 5.08. The number of alkyl halides is 3. The number of aromatic hydroxyl groups is 1. The summed E-state index contributed by atoms with van der Waals surface area (Å²) in [4.78, 5) is 9.00. The molecule has 8 heteroatoms. The molecule has 2 rings (SSSR count). The number of para-hydroxylation sites is 1. The van der Waals surface area contributed by atoms with Crippen LogP contribution in [0.25, 0.3) is 0 Å². The molecule has 0 aromatic heterocycles. The molecule has 142 valence electrons. The van der Waals surface area contributed by atoms with E-state index in [0.717, 1.165) is 29.4 Å². The lowest BCUT2D eigenvalue weighted by Gasteiger charge is -2.26. The first-order chi connectivity index (χ1) is 11.9. The molecule has 2 N–H and O–H groups in total. The number of halogens is 3. The Morgan fingerprint density at radius 1 is 1.08 bits per heavy atom. The summed E-state index contributed by atoms with van der Waals surface area (Å²) in [5.41, 5.74) is -0.663. The smallest absolute Gasteiger partial charge is 0.416 e. The summed E-state index contributed by atoms with van der Waals surface area (Å²) < 4.78 is 43.3. The van der Waals surface area contributed by atoms with E-state index in [2.05, 4.69) is 0 Å². The summed E-state index contributed by atoms with van der Waals surface area (Å²) in [5, 5.41) is 19.0. The van der Waals surface area contributed by atoms with E-state index >= 15 is 0 Å². The van der Waals surface area contributed by atoms with Gasteiger partial charge < -0.3 is 14.9 Å². The number of ether oxygens (including phenoxy) is 1. The minimum Gasteiger partial charge on any atom is -0.504 e. The van der Waals surface area contributed by atoms with Crippen molar-refractivity contribution >= 4 is 24.4 Å². The monoisotopic (exact) mass is 386 g/mol. The molecule has 2 aromatic rings. The van der Waals surface area contributed by atoms with Crippen molar-refractivity contribution in [3.8, 4) is 11.5 Å². The average Bonchev–Trinajstić information content (AvgIpc) is 2.53. The van der Waals surface area contributed by atoms with Crippen LogP contribution < -0.4 is 15.1 Å². The molecule has 0 aliphatic rings. The second-order valence-corrected chi connectivity index (χ2v) is 10.4. The number of phenolic OH excluding ortho intramolecular Hbond substituents is 1. The third-order valence-electron chi connectivity index (χ3n) is 3.81. The molecular weight excluding hydrogens is 365 g/mol. The Kier molecular flexibility index (Phi) is 6.85. The standard InChI is InChI=1S/C16H17F3O2Si.C2H4O2/c1-21-15-13(20)5-4-6-14(15)22(2,3)12-9-7-11(8-10-12)16(17,18)19;1-2(3)4/h4-10,20H,1-3H3;1H3,(H,3,4). The van der Waals surface area contributed by atoms with Crippen molar-refractivity contribution in [2.75, 3.05) is 7.11 Å². The topological polar surface area (TPSA) is 66.8 Å². The van der Waals surface area contributed by atoms with Gasteiger partial charge in [0.25, 0.3) is 5.97 Å². The van der Waals surface area contributed by atoms with Crippen LogP contribution in [0, 0.1) is 0 Å². The van der Waals surface area contributed by atoms with Crippen LogP contribution in [0.5, 0.6) is 11.5 Å². The molecule has 2 aromatic carbocycles. The zero-order valence-electron chi connectivity index (χ0n) is 14.9. The Labute approximate surface area is 150 Å². The molecular formula is C18H21F3O4Si. The molecule has 0 heterocycles. The summed E-state index contributed by atoms with van der Waals surface area (Å²) >= 11 is 0. The Bertz CT molecular complexity index is 752. The van der Waals surface area contributed by atoms with Crippen LogP contribution in [0.2, 0.25) is 13.1 Å². The zero-order valence-corrected chi connectivity index (χ0v) is 15.9. The van der Waals surface area contributed by atoms with Gasteiger partial charge in [-0.25, -0.2) is 0 Å². The van der Waals surface area contributed by atoms with Crippen LogP contribution in [0.3, 0.4) is 0 Å². The summed E-state index contributed by atoms with van der Waals surface area (Å²) in [6, 6.07) is 10.3. The van der Waals surface area contributed by atoms with Crippen LogP contribution in [0.1, 0.15) is 12.5 Å². The van der Waals surface area contributed by atoms with E-state index < -0.39 is 25.8 Å². The van der Waals surface area contributed by atoms with Gasteiger partial charge in [0.2, 0.25) is 0 Å². The Morgan fingerprint density at radius 3 is 2.00 bits per heavy atom. The number of methoxy groups -OCH3 is 1. The summed E-state index contributed by atoms with van der Waals surface area (Å²) in [5.74, 6) is -0.411. The minimum absolute atomic E-state index is 0.0347. The number of carbonyl (C=O) groups is 1. The van der Waals surface area contributed by atoms with Crippen LogP contribution in [0.4, 0.5) is 13.2 Å². The van der Waals surface area contributed by atoms with Crippen LogP contribution in [-0.4, -0.2) is 31.4 Å². The van der Waals surface area contributed by atoms with Gasteiger partial charge in [0.1, 0.15) is 8.07 Å². The maximum atomic E-state index is 12.7. The van der Waals surface area contributed by atoms with E-state index in [-0.39, 0.29) is 5.75 Å². The Balaban J connectivity index is 0.000000765. The molecule has 26 heavy (non-hydrogen) atoms. The second-order valence-electron chi connectivity index (χ2n) is 6.08. The van der Waals surface area contributed by atoms with E-state index in [0.29, 0.717) is 5.75 Å². The fraction of sp³-hybridized carbons (Fsp3) is 0.278. The molecule has 4 nitrogen and oxygen atoms in total. The van der Waals surface area contributed by atoms with Crippen LogP contribution in [0.15, 0.2) is 42.5 Å². The van der Waals surface area contributed by atoms with Crippen LogP contribution >= 0.6 is 0 Å². The molecule has 0 saturated heterocycles. The highest BCUT2D eigenvalue weighted by Crippen LogP contribution is 2.29. The maximum absolute atomic E-state index is 12.7. The number of carboxylic acids is 1. The molecule has 0 amide bonds. The van der Waals surface area contributed by atoms with E-state index in [1.165, 1.54) is 25.3 Å². The Hall–Kier alpha value is -2.48. The van der Waals surface area contributed by atoms with Gasteiger partial charge in [-0.1, -0.05) is 54.7 Å². The minimum atomic E-state index is -4.34. The molecule has 0 atom stereocenters. The third kappa shape index (κ3) is 5.25. The normalized spacial score (nSPS) is 11.3. The lowest BCUT2D eigenvalue weighted by Crippen LogP contribution is -2.53. The van der Waals surface area contributed by atoms with Crippen molar-refractivity contribution < 1.29 is 32.9 Å². The SMILES string of the molecule is CC(=O)O.COc1c(O)cccc1[Si](C)(C)c1ccc(C(F)(F)F)cc1. The van der Waals surface area contributed by atoms with Crippen molar-refractivity contribution in [1.29, 1.82) is 0 Å². The van der Waals surface area contributed by atoms with Gasteiger partial charge in [0.05, 0.1) is 12.7 Å². The number of carboxylic acid groups (broad SMARTS) is 1. The van der Waals surface area contributed by atoms with Gasteiger partial charge >= 0.3 is 6.18 Å². The van der Waals surface area contributed by atoms with Gasteiger partial charge in [0, 0.05) is 6.92 Å². The third-order valence-corrected chi connectivity index (χ3v) is 7.32. The first-order valence-corrected chi connectivity index (χ1v) is 10.6. The number of phenols is 1. The molecule has 0 aliphatic heterocycles. The lowest BCUT2D eigenvalue weighted by molar-refractivity contribution is -0.137. The molecule has 0 saturated carbocycles. The zero-order chi connectivity index (χ0) is 20.1. The van der Waals surface area contributed by atoms with Crippen molar-refractivity contribution in [3.05, 3.63) is 48.0 Å². The quantitative estimate of drug-likeness (QED) is 0.794. The van der Waals surface area contributed by atoms with E-state index in [1.807, 2.05) is 19.2 Å². The van der Waals surface area contributed by atoms with Gasteiger partial charge in [-0.15, -0.1) is 0 Å². The number of hydrogen-bond donors (Lipinski definition) is 2. The summed E-state index contributed by atoms with van der Waals surface area (Å²) in [7, 11) is -0.819. The predicted octanol–water partition coefficient (Wildman–Crippen LogP) is 3.33. The molecule has 0 spiro atoms. The van der Waals surface area contributed by atoms with Crippen molar-refractivity contribution in [2.24, 2.45) is 0 Å². The van der Waals surface area contributed by atoms with Gasteiger partial charge in [-0.05, 0) is 11.3 Å². The average molecular weight is 386 g/mol. The second kappa shape index (κ2) is 8.26. The largest absolute Gasteiger partial charge is 0.504 e. The highest BCUT2D eigenvalue weighted by atomic mass is 28.3. The predicted molar refractivity (Wildman–Crippen MR) is 96.2 cm³/mol. The van der Waals surface area contributed by atoms with E-state index in [9.17, 15) is 18.3 Å².